The summed E-state index contributed by atoms with van der Waals surface area (Å²) in [7, 11) is -4.44. The Morgan fingerprint density at radius 2 is 1.57 bits per heavy atom. The Morgan fingerprint density at radius 1 is 0.946 bits per heavy atom. The number of esters is 1. The molecule has 0 aliphatic carbocycles. The molecule has 1 amide bonds. The number of ether oxygens (including phenoxy) is 1. The molecule has 1 rings (SSSR count). The largest absolute Gasteiger partial charge is 0.458 e. The van der Waals surface area contributed by atoms with E-state index in [-0.39, 0.29) is 35.0 Å². The van der Waals surface area contributed by atoms with Crippen molar-refractivity contribution >= 4 is 28.5 Å². The number of hydrogen-bond acceptors (Lipinski definition) is 6. The highest BCUT2D eigenvalue weighted by molar-refractivity contribution is 6.77. The lowest BCUT2D eigenvalue weighted by atomic mass is 9.95. The lowest BCUT2D eigenvalue weighted by Crippen LogP contribution is -2.52. The summed E-state index contributed by atoms with van der Waals surface area (Å²) in [4.78, 5) is 25.2. The van der Waals surface area contributed by atoms with E-state index >= 15 is 0 Å². The van der Waals surface area contributed by atoms with Crippen LogP contribution in [0.3, 0.4) is 0 Å². The topological polar surface area (TPSA) is 94.1 Å². The molecule has 0 radical (unpaired) electrons. The molecule has 0 saturated carbocycles. The Labute approximate surface area is 345 Å². The van der Waals surface area contributed by atoms with E-state index in [2.05, 4.69) is 118 Å². The van der Waals surface area contributed by atoms with E-state index in [1.54, 1.807) is 18.4 Å². The summed E-state index contributed by atoms with van der Waals surface area (Å²) in [5, 5.41) is 14.6. The highest BCUT2D eigenvalue weighted by Gasteiger charge is 2.47. The summed E-state index contributed by atoms with van der Waals surface area (Å²) in [6.07, 6.45) is 23.5. The highest BCUT2D eigenvalue weighted by atomic mass is 28.4. The summed E-state index contributed by atoms with van der Waals surface area (Å²) in [5.74, 6) is -0.608. The molecule has 0 aromatic carbocycles. The van der Waals surface area contributed by atoms with Gasteiger partial charge < -0.3 is 24.0 Å². The molecule has 0 bridgehead atoms. The number of carbonyl (C=O) groups is 2. The van der Waals surface area contributed by atoms with Crippen molar-refractivity contribution in [3.05, 3.63) is 83.7 Å². The molecule has 318 valence electrons. The first kappa shape index (κ1) is 51.5. The summed E-state index contributed by atoms with van der Waals surface area (Å²) in [5.41, 5.74) is 4.12. The predicted molar refractivity (Wildman–Crippen MR) is 242 cm³/mol. The van der Waals surface area contributed by atoms with Crippen LogP contribution < -0.4 is 5.32 Å². The van der Waals surface area contributed by atoms with E-state index in [4.69, 9.17) is 13.6 Å². The Kier molecular flexibility index (Phi) is 22.4. The van der Waals surface area contributed by atoms with E-state index in [1.807, 2.05) is 45.9 Å². The molecule has 0 spiro atoms. The van der Waals surface area contributed by atoms with Crippen molar-refractivity contribution in [2.24, 2.45) is 5.92 Å². The van der Waals surface area contributed by atoms with Crippen molar-refractivity contribution in [2.45, 2.75) is 195 Å². The number of carbonyl (C=O) groups excluding carboxylic acids is 2. The third-order valence-corrected chi connectivity index (χ3v) is 21.9. The van der Waals surface area contributed by atoms with Gasteiger partial charge in [0, 0.05) is 30.7 Å². The first-order chi connectivity index (χ1) is 25.9. The van der Waals surface area contributed by atoms with Crippen LogP contribution in [0.1, 0.15) is 135 Å². The normalized spacial score (nSPS) is 25.3. The van der Waals surface area contributed by atoms with Crippen LogP contribution in [-0.4, -0.2) is 58.0 Å². The van der Waals surface area contributed by atoms with E-state index in [0.29, 0.717) is 42.3 Å². The van der Waals surface area contributed by atoms with Gasteiger partial charge >= 0.3 is 5.97 Å². The molecule has 0 saturated heterocycles. The summed E-state index contributed by atoms with van der Waals surface area (Å²) < 4.78 is 20.3. The molecular formula is C47H81NO6Si2. The standard InChI is InChI=1S/C47H81NO6Si2/c1-34(2)31-45(50)48-30-29-39(10)32-40(11)44-33-38(9)23-19-17-21-25-42(49)43(54-56(35(3)4,36(5)6)37(7)8)28-27-41(53-55(15,16)47(12,13)14)24-20-18-22-26-46(51)52-44/h17,19,22-23,26-32,35-37,40-44,49H,18,20-21,24-25,33H2,1-16H3,(H,48,50)/b19-17+,26-22+,28-27+,30-29+,38-23+,39-32+/t40-,41-,42-,43-,44-/m1/s1. The van der Waals surface area contributed by atoms with E-state index in [1.165, 1.54) is 0 Å². The minimum Gasteiger partial charge on any atom is -0.458 e. The van der Waals surface area contributed by atoms with Gasteiger partial charge in [0.15, 0.2) is 8.32 Å². The maximum absolute atomic E-state index is 13.2. The molecule has 1 heterocycles. The second kappa shape index (κ2) is 24.4. The molecule has 0 unspecified atom stereocenters. The van der Waals surface area contributed by atoms with Crippen LogP contribution in [0, 0.1) is 5.92 Å². The van der Waals surface area contributed by atoms with Gasteiger partial charge in [-0.2, -0.15) is 0 Å². The van der Waals surface area contributed by atoms with Crippen molar-refractivity contribution < 1.29 is 28.3 Å². The maximum Gasteiger partial charge on any atom is 0.330 e. The van der Waals surface area contributed by atoms with Gasteiger partial charge in [0.2, 0.25) is 14.2 Å². The molecule has 56 heavy (non-hydrogen) atoms. The Balaban J connectivity index is 3.54. The zero-order chi connectivity index (χ0) is 42.9. The SMILES string of the molecule is CC(C)=CC(=O)N/C=C/C(C)=C/[C@@H](C)[C@H]1C/C(C)=C/C=C/CC[C@@H](O)[C@H](O[Si](C(C)C)(C(C)C)C(C)C)/C=C/[C@H](O[Si](C)(C)C(C)(C)C)CCC/C=C/C(=O)O1. The summed E-state index contributed by atoms with van der Waals surface area (Å²) in [6, 6.07) is 0. The van der Waals surface area contributed by atoms with Gasteiger partial charge in [0.1, 0.15) is 6.10 Å². The van der Waals surface area contributed by atoms with Gasteiger partial charge in [-0.1, -0.05) is 128 Å². The molecule has 0 fully saturated rings. The third-order valence-electron chi connectivity index (χ3n) is 11.3. The minimum absolute atomic E-state index is 0.0380. The smallest absolute Gasteiger partial charge is 0.330 e. The van der Waals surface area contributed by atoms with E-state index in [0.717, 1.165) is 29.6 Å². The van der Waals surface area contributed by atoms with Crippen molar-refractivity contribution in [1.29, 1.82) is 0 Å². The maximum atomic E-state index is 13.2. The molecule has 2 N–H and O–H groups in total. The molecule has 7 nitrogen and oxygen atoms in total. The summed E-state index contributed by atoms with van der Waals surface area (Å²) >= 11 is 0. The molecule has 9 heteroatoms. The summed E-state index contributed by atoms with van der Waals surface area (Å²) in [6.45, 7) is 34.9. The molecular weight excluding hydrogens is 731 g/mol. The van der Waals surface area contributed by atoms with Gasteiger partial charge in [0.25, 0.3) is 0 Å². The molecule has 5 atom stereocenters. The number of aliphatic hydroxyl groups is 1. The zero-order valence-corrected chi connectivity index (χ0v) is 40.2. The van der Waals surface area contributed by atoms with Crippen LogP contribution >= 0.6 is 0 Å². The van der Waals surface area contributed by atoms with E-state index in [9.17, 15) is 14.7 Å². The van der Waals surface area contributed by atoms with Crippen molar-refractivity contribution in [3.8, 4) is 0 Å². The molecule has 1 aliphatic heterocycles. The van der Waals surface area contributed by atoms with Gasteiger partial charge in [-0.05, 0) is 101 Å². The second-order valence-corrected chi connectivity index (χ2v) is 28.8. The fourth-order valence-corrected chi connectivity index (χ4v) is 14.1. The van der Waals surface area contributed by atoms with Crippen LogP contribution in [0.5, 0.6) is 0 Å². The number of rotatable bonds is 12. The minimum atomic E-state index is -2.31. The lowest BCUT2D eigenvalue weighted by Gasteiger charge is -2.45. The van der Waals surface area contributed by atoms with Crippen LogP contribution in [0.4, 0.5) is 0 Å². The zero-order valence-electron chi connectivity index (χ0n) is 38.2. The van der Waals surface area contributed by atoms with Crippen molar-refractivity contribution in [2.75, 3.05) is 0 Å². The van der Waals surface area contributed by atoms with Crippen molar-refractivity contribution in [1.82, 2.24) is 5.32 Å². The third kappa shape index (κ3) is 17.9. The number of nitrogens with one attached hydrogen (secondary N) is 1. The first-order valence-electron chi connectivity index (χ1n) is 21.1. The van der Waals surface area contributed by atoms with Gasteiger partial charge in [-0.3, -0.25) is 4.79 Å². The average molecular weight is 812 g/mol. The Bertz CT molecular complexity index is 1420. The number of amides is 1. The Hall–Kier alpha value is -2.57. The van der Waals surface area contributed by atoms with Crippen LogP contribution in [-0.2, 0) is 23.2 Å². The van der Waals surface area contributed by atoms with Gasteiger partial charge in [-0.15, -0.1) is 0 Å². The molecule has 1 aliphatic rings. The van der Waals surface area contributed by atoms with Crippen LogP contribution in [0.15, 0.2) is 83.7 Å². The van der Waals surface area contributed by atoms with Crippen LogP contribution in [0.2, 0.25) is 34.8 Å². The monoisotopic (exact) mass is 812 g/mol. The second-order valence-electron chi connectivity index (χ2n) is 18.6. The number of cyclic esters (lactones) is 1. The quantitative estimate of drug-likeness (QED) is 0.0670. The first-order valence-corrected chi connectivity index (χ1v) is 26.2. The van der Waals surface area contributed by atoms with Crippen molar-refractivity contribution in [3.63, 3.8) is 0 Å². The molecule has 0 aromatic heterocycles. The lowest BCUT2D eigenvalue weighted by molar-refractivity contribution is -0.144. The fourth-order valence-electron chi connectivity index (χ4n) is 7.29. The highest BCUT2D eigenvalue weighted by Crippen LogP contribution is 2.44. The number of hydrogen-bond donors (Lipinski definition) is 2. The van der Waals surface area contributed by atoms with Gasteiger partial charge in [-0.25, -0.2) is 4.79 Å². The fraction of sp³-hybridized carbons (Fsp3) is 0.660. The van der Waals surface area contributed by atoms with Gasteiger partial charge in [0.05, 0.1) is 18.3 Å². The molecule has 0 aromatic rings. The number of allylic oxidation sites excluding steroid dienone is 7. The van der Waals surface area contributed by atoms with E-state index < -0.39 is 28.8 Å². The number of aliphatic hydroxyl groups excluding tert-OH is 1. The average Bonchev–Trinajstić information content (AvgIpc) is 3.05. The van der Waals surface area contributed by atoms with Crippen LogP contribution in [0.25, 0.3) is 0 Å². The predicted octanol–water partition coefficient (Wildman–Crippen LogP) is 12.4. The Morgan fingerprint density at radius 3 is 2.14 bits per heavy atom.